The largest absolute Gasteiger partial charge is 0.366 e. The smallest absolute Gasteiger partial charge is 0.269 e. The van der Waals surface area contributed by atoms with Gasteiger partial charge in [0.05, 0.1) is 4.92 Å². The normalized spacial score (nSPS) is 10.3. The van der Waals surface area contributed by atoms with Crippen LogP contribution in [0.2, 0.25) is 0 Å². The van der Waals surface area contributed by atoms with Crippen molar-refractivity contribution in [2.45, 2.75) is 26.8 Å². The number of hydrogen-bond donors (Lipinski definition) is 1. The number of anilines is 1. The van der Waals surface area contributed by atoms with Crippen molar-refractivity contribution in [3.05, 3.63) is 57.5 Å². The van der Waals surface area contributed by atoms with Crippen molar-refractivity contribution in [3.63, 3.8) is 0 Å². The van der Waals surface area contributed by atoms with E-state index in [4.69, 9.17) is 0 Å². The summed E-state index contributed by atoms with van der Waals surface area (Å²) in [5.74, 6) is 1.45. The lowest BCUT2D eigenvalue weighted by atomic mass is 10.2. The van der Waals surface area contributed by atoms with Gasteiger partial charge in [-0.15, -0.1) is 0 Å². The highest BCUT2D eigenvalue weighted by Gasteiger charge is 2.06. The molecule has 6 nitrogen and oxygen atoms in total. The van der Waals surface area contributed by atoms with Crippen LogP contribution in [0.5, 0.6) is 0 Å². The van der Waals surface area contributed by atoms with Gasteiger partial charge in [-0.2, -0.15) is 0 Å². The third-order valence-corrected chi connectivity index (χ3v) is 2.85. The minimum Gasteiger partial charge on any atom is -0.366 e. The molecule has 0 spiro atoms. The molecule has 0 amide bonds. The number of aromatic nitrogens is 2. The highest BCUT2D eigenvalue weighted by Crippen LogP contribution is 2.15. The van der Waals surface area contributed by atoms with E-state index in [2.05, 4.69) is 15.3 Å². The molecule has 0 radical (unpaired) electrons. The molecule has 1 aromatic carbocycles. The summed E-state index contributed by atoms with van der Waals surface area (Å²) in [5.41, 5.74) is 1.91. The topological polar surface area (TPSA) is 81.0 Å². The van der Waals surface area contributed by atoms with E-state index in [9.17, 15) is 10.1 Å². The van der Waals surface area contributed by atoms with Crippen LogP contribution in [0, 0.1) is 17.0 Å². The van der Waals surface area contributed by atoms with E-state index in [0.29, 0.717) is 12.4 Å². The summed E-state index contributed by atoms with van der Waals surface area (Å²) in [5, 5.41) is 13.9. The molecular formula is C14H16N4O2. The van der Waals surface area contributed by atoms with Crippen molar-refractivity contribution in [1.29, 1.82) is 0 Å². The molecule has 6 heteroatoms. The van der Waals surface area contributed by atoms with Crippen molar-refractivity contribution in [3.8, 4) is 0 Å². The number of nitrogens with zero attached hydrogens (tertiary/aromatic N) is 3. The maximum atomic E-state index is 10.7. The Morgan fingerprint density at radius 3 is 2.80 bits per heavy atom. The highest BCUT2D eigenvalue weighted by molar-refractivity contribution is 5.40. The molecule has 104 valence electrons. The zero-order chi connectivity index (χ0) is 14.5. The molecule has 0 aliphatic rings. The van der Waals surface area contributed by atoms with Crippen LogP contribution in [0.25, 0.3) is 0 Å². The second-order valence-electron chi connectivity index (χ2n) is 4.43. The summed E-state index contributed by atoms with van der Waals surface area (Å²) in [6.07, 6.45) is 0.842. The van der Waals surface area contributed by atoms with Gasteiger partial charge in [0, 0.05) is 30.4 Å². The van der Waals surface area contributed by atoms with Crippen LogP contribution in [0.15, 0.2) is 30.3 Å². The van der Waals surface area contributed by atoms with Gasteiger partial charge in [-0.05, 0) is 18.9 Å². The second-order valence-corrected chi connectivity index (χ2v) is 4.43. The lowest BCUT2D eigenvalue weighted by Crippen LogP contribution is -2.05. The van der Waals surface area contributed by atoms with Gasteiger partial charge in [0.1, 0.15) is 11.6 Å². The fourth-order valence-corrected chi connectivity index (χ4v) is 1.87. The Bertz CT molecular complexity index is 628. The van der Waals surface area contributed by atoms with Crippen molar-refractivity contribution >= 4 is 11.5 Å². The highest BCUT2D eigenvalue weighted by atomic mass is 16.6. The van der Waals surface area contributed by atoms with Crippen LogP contribution in [-0.4, -0.2) is 14.9 Å². The van der Waals surface area contributed by atoms with Crippen LogP contribution in [-0.2, 0) is 13.0 Å². The summed E-state index contributed by atoms with van der Waals surface area (Å²) < 4.78 is 0. The molecule has 0 aliphatic carbocycles. The molecule has 2 aromatic rings. The molecular weight excluding hydrogens is 256 g/mol. The van der Waals surface area contributed by atoms with Gasteiger partial charge in [-0.3, -0.25) is 10.1 Å². The average Bonchev–Trinajstić information content (AvgIpc) is 2.44. The predicted octanol–water partition coefficient (Wildman–Crippen LogP) is 2.87. The van der Waals surface area contributed by atoms with E-state index in [1.54, 1.807) is 12.1 Å². The van der Waals surface area contributed by atoms with Gasteiger partial charge in [0.2, 0.25) is 0 Å². The third kappa shape index (κ3) is 3.50. The summed E-state index contributed by atoms with van der Waals surface area (Å²) >= 11 is 0. The molecule has 0 atom stereocenters. The van der Waals surface area contributed by atoms with Crippen LogP contribution in [0.4, 0.5) is 11.5 Å². The fourth-order valence-electron chi connectivity index (χ4n) is 1.87. The number of non-ortho nitro benzene ring substituents is 1. The summed E-state index contributed by atoms with van der Waals surface area (Å²) in [6.45, 7) is 4.37. The maximum absolute atomic E-state index is 10.7. The molecule has 2 rings (SSSR count). The Kier molecular flexibility index (Phi) is 4.24. The number of aryl methyl sites for hydroxylation is 2. The number of nitro benzene ring substituents is 1. The Morgan fingerprint density at radius 1 is 1.30 bits per heavy atom. The molecule has 0 saturated heterocycles. The van der Waals surface area contributed by atoms with Crippen molar-refractivity contribution in [2.75, 3.05) is 5.32 Å². The van der Waals surface area contributed by atoms with Crippen LogP contribution < -0.4 is 5.32 Å². The SMILES string of the molecule is CCc1cc(NCc2cccc([N+](=O)[O-])c2)nc(C)n1. The first kappa shape index (κ1) is 13.9. The van der Waals surface area contributed by atoms with Crippen molar-refractivity contribution in [1.82, 2.24) is 9.97 Å². The van der Waals surface area contributed by atoms with E-state index < -0.39 is 4.92 Å². The molecule has 0 saturated carbocycles. The zero-order valence-electron chi connectivity index (χ0n) is 11.5. The van der Waals surface area contributed by atoms with Crippen LogP contribution >= 0.6 is 0 Å². The number of nitro groups is 1. The standard InChI is InChI=1S/C14H16N4O2/c1-3-12-8-14(17-10(2)16-12)15-9-11-5-4-6-13(7-11)18(19)20/h4-8H,3,9H2,1-2H3,(H,15,16,17). The zero-order valence-corrected chi connectivity index (χ0v) is 11.5. The molecule has 20 heavy (non-hydrogen) atoms. The maximum Gasteiger partial charge on any atom is 0.269 e. The lowest BCUT2D eigenvalue weighted by Gasteiger charge is -2.08. The van der Waals surface area contributed by atoms with E-state index in [0.717, 1.165) is 23.5 Å². The molecule has 0 aliphatic heterocycles. The molecule has 0 bridgehead atoms. The Hall–Kier alpha value is -2.50. The Balaban J connectivity index is 2.10. The quantitative estimate of drug-likeness (QED) is 0.668. The Morgan fingerprint density at radius 2 is 2.10 bits per heavy atom. The predicted molar refractivity (Wildman–Crippen MR) is 76.6 cm³/mol. The summed E-state index contributed by atoms with van der Waals surface area (Å²) in [7, 11) is 0. The second kappa shape index (κ2) is 6.10. The first-order valence-electron chi connectivity index (χ1n) is 6.40. The number of hydrogen-bond acceptors (Lipinski definition) is 5. The molecule has 1 heterocycles. The fraction of sp³-hybridized carbons (Fsp3) is 0.286. The average molecular weight is 272 g/mol. The van der Waals surface area contributed by atoms with E-state index in [1.807, 2.05) is 26.0 Å². The van der Waals surface area contributed by atoms with E-state index in [1.165, 1.54) is 6.07 Å². The van der Waals surface area contributed by atoms with Crippen LogP contribution in [0.1, 0.15) is 24.0 Å². The first-order chi connectivity index (χ1) is 9.58. The number of benzene rings is 1. The minimum atomic E-state index is -0.395. The van der Waals surface area contributed by atoms with Gasteiger partial charge in [0.25, 0.3) is 5.69 Å². The van der Waals surface area contributed by atoms with Gasteiger partial charge >= 0.3 is 0 Å². The lowest BCUT2D eigenvalue weighted by molar-refractivity contribution is -0.384. The first-order valence-corrected chi connectivity index (χ1v) is 6.40. The van der Waals surface area contributed by atoms with Gasteiger partial charge in [-0.1, -0.05) is 19.1 Å². The minimum absolute atomic E-state index is 0.0948. The molecule has 1 aromatic heterocycles. The number of nitrogens with one attached hydrogen (secondary N) is 1. The van der Waals surface area contributed by atoms with Crippen molar-refractivity contribution < 1.29 is 4.92 Å². The van der Waals surface area contributed by atoms with Crippen molar-refractivity contribution in [2.24, 2.45) is 0 Å². The Labute approximate surface area is 117 Å². The number of rotatable bonds is 5. The van der Waals surface area contributed by atoms with E-state index in [-0.39, 0.29) is 5.69 Å². The van der Waals surface area contributed by atoms with E-state index >= 15 is 0 Å². The van der Waals surface area contributed by atoms with Gasteiger partial charge < -0.3 is 5.32 Å². The van der Waals surface area contributed by atoms with Gasteiger partial charge in [-0.25, -0.2) is 9.97 Å². The van der Waals surface area contributed by atoms with Gasteiger partial charge in [0.15, 0.2) is 0 Å². The molecule has 0 fully saturated rings. The molecule has 0 unspecified atom stereocenters. The summed E-state index contributed by atoms with van der Waals surface area (Å²) in [6, 6.07) is 8.45. The van der Waals surface area contributed by atoms with Crippen LogP contribution in [0.3, 0.4) is 0 Å². The third-order valence-electron chi connectivity index (χ3n) is 2.85. The summed E-state index contributed by atoms with van der Waals surface area (Å²) in [4.78, 5) is 18.9. The monoisotopic (exact) mass is 272 g/mol. The molecule has 1 N–H and O–H groups in total.